The van der Waals surface area contributed by atoms with Crippen LogP contribution in [0.25, 0.3) is 0 Å². The molecule has 0 spiro atoms. The van der Waals surface area contributed by atoms with Gasteiger partial charge in [-0.05, 0) is 12.8 Å². The van der Waals surface area contributed by atoms with Crippen molar-refractivity contribution in [2.45, 2.75) is 39.5 Å². The third kappa shape index (κ3) is 1.16. The number of alkyl halides is 2. The van der Waals surface area contributed by atoms with Gasteiger partial charge in [0, 0.05) is 11.3 Å². The molecule has 0 aromatic carbocycles. The summed E-state index contributed by atoms with van der Waals surface area (Å²) in [5.41, 5.74) is -0.853. The summed E-state index contributed by atoms with van der Waals surface area (Å²) >= 11 is 0. The first kappa shape index (κ1) is 7.96. The van der Waals surface area contributed by atoms with E-state index in [0.717, 1.165) is 0 Å². The van der Waals surface area contributed by atoms with Crippen LogP contribution in [0.4, 0.5) is 8.78 Å². The third-order valence-corrected chi connectivity index (χ3v) is 2.09. The van der Waals surface area contributed by atoms with Crippen molar-refractivity contribution in [2.24, 2.45) is 11.3 Å². The summed E-state index contributed by atoms with van der Waals surface area (Å²) in [7, 11) is 0. The van der Waals surface area contributed by atoms with Gasteiger partial charge < -0.3 is 0 Å². The van der Waals surface area contributed by atoms with Crippen LogP contribution >= 0.6 is 0 Å². The van der Waals surface area contributed by atoms with Crippen molar-refractivity contribution in [2.75, 3.05) is 0 Å². The minimum Gasteiger partial charge on any atom is -0.206 e. The molecule has 0 saturated heterocycles. The van der Waals surface area contributed by atoms with Crippen molar-refractivity contribution in [1.29, 1.82) is 0 Å². The highest BCUT2D eigenvalue weighted by molar-refractivity contribution is 4.94. The average Bonchev–Trinajstić information content (AvgIpc) is 2.38. The lowest BCUT2D eigenvalue weighted by Gasteiger charge is -2.30. The fourth-order valence-corrected chi connectivity index (χ4v) is 1.06. The van der Waals surface area contributed by atoms with Gasteiger partial charge in [0.05, 0.1) is 0 Å². The van der Waals surface area contributed by atoms with Crippen LogP contribution in [0.3, 0.4) is 0 Å². The fraction of sp³-hybridized carbons (Fsp3) is 1.00. The van der Waals surface area contributed by atoms with Crippen LogP contribution in [0.15, 0.2) is 0 Å². The van der Waals surface area contributed by atoms with Crippen LogP contribution in [0.2, 0.25) is 0 Å². The minimum absolute atomic E-state index is 0.326. The molecule has 0 amide bonds. The molecule has 0 aromatic rings. The van der Waals surface area contributed by atoms with E-state index in [1.807, 2.05) is 0 Å². The predicted octanol–water partition coefficient (Wildman–Crippen LogP) is 3.08. The van der Waals surface area contributed by atoms with Gasteiger partial charge in [-0.1, -0.05) is 20.8 Å². The lowest BCUT2D eigenvalue weighted by molar-refractivity contribution is -0.115. The van der Waals surface area contributed by atoms with E-state index in [1.165, 1.54) is 0 Å². The molecule has 60 valence electrons. The Labute approximate surface area is 60.6 Å². The quantitative estimate of drug-likeness (QED) is 0.536. The van der Waals surface area contributed by atoms with Gasteiger partial charge in [-0.2, -0.15) is 0 Å². The summed E-state index contributed by atoms with van der Waals surface area (Å²) in [6.45, 7) is 4.81. The summed E-state index contributed by atoms with van der Waals surface area (Å²) in [6, 6.07) is 0. The Bertz CT molecular complexity index is 129. The zero-order chi connectivity index (χ0) is 7.99. The van der Waals surface area contributed by atoms with E-state index in [-0.39, 0.29) is 5.92 Å². The van der Waals surface area contributed by atoms with E-state index in [9.17, 15) is 8.78 Å². The molecule has 10 heavy (non-hydrogen) atoms. The standard InChI is InChI=1S/C8H14F2/c1-7(2,3)8(9,10)6-4-5-6/h6H,4-5H2,1-3H3. The molecule has 1 fully saturated rings. The van der Waals surface area contributed by atoms with Crippen molar-refractivity contribution in [3.05, 3.63) is 0 Å². The molecule has 0 N–H and O–H groups in total. The molecular formula is C8H14F2. The first-order valence-electron chi connectivity index (χ1n) is 3.73. The minimum atomic E-state index is -2.45. The molecule has 1 aliphatic carbocycles. The Morgan fingerprint density at radius 1 is 1.10 bits per heavy atom. The summed E-state index contributed by atoms with van der Waals surface area (Å²) in [4.78, 5) is 0. The van der Waals surface area contributed by atoms with E-state index >= 15 is 0 Å². The summed E-state index contributed by atoms with van der Waals surface area (Å²) in [6.07, 6.45) is 1.43. The second kappa shape index (κ2) is 1.93. The number of hydrogen-bond acceptors (Lipinski definition) is 0. The SMILES string of the molecule is CC(C)(C)C(F)(F)C1CC1. The largest absolute Gasteiger partial charge is 0.255 e. The molecule has 0 bridgehead atoms. The Morgan fingerprint density at radius 2 is 1.50 bits per heavy atom. The van der Waals surface area contributed by atoms with Crippen molar-refractivity contribution in [3.8, 4) is 0 Å². The van der Waals surface area contributed by atoms with E-state index < -0.39 is 11.3 Å². The zero-order valence-electron chi connectivity index (χ0n) is 6.75. The molecule has 0 radical (unpaired) electrons. The third-order valence-electron chi connectivity index (χ3n) is 2.09. The topological polar surface area (TPSA) is 0 Å². The fourth-order valence-electron chi connectivity index (χ4n) is 1.06. The highest BCUT2D eigenvalue weighted by atomic mass is 19.3. The van der Waals surface area contributed by atoms with Crippen LogP contribution in [-0.2, 0) is 0 Å². The maximum atomic E-state index is 13.1. The number of rotatable bonds is 1. The van der Waals surface area contributed by atoms with Gasteiger partial charge in [0.15, 0.2) is 0 Å². The Kier molecular flexibility index (Phi) is 1.53. The van der Waals surface area contributed by atoms with Crippen molar-refractivity contribution < 1.29 is 8.78 Å². The lowest BCUT2D eigenvalue weighted by Crippen LogP contribution is -2.35. The molecule has 0 unspecified atom stereocenters. The Morgan fingerprint density at radius 3 is 1.60 bits per heavy atom. The van der Waals surface area contributed by atoms with Crippen LogP contribution in [0.1, 0.15) is 33.6 Å². The summed E-state index contributed by atoms with van der Waals surface area (Å²) in [5.74, 6) is -2.78. The van der Waals surface area contributed by atoms with Crippen molar-refractivity contribution in [3.63, 3.8) is 0 Å². The maximum absolute atomic E-state index is 13.1. The first-order valence-corrected chi connectivity index (χ1v) is 3.73. The van der Waals surface area contributed by atoms with Crippen LogP contribution in [-0.4, -0.2) is 5.92 Å². The molecule has 0 aliphatic heterocycles. The normalized spacial score (nSPS) is 21.3. The van der Waals surface area contributed by atoms with Crippen molar-refractivity contribution >= 4 is 0 Å². The zero-order valence-corrected chi connectivity index (χ0v) is 6.75. The average molecular weight is 148 g/mol. The van der Waals surface area contributed by atoms with E-state index in [2.05, 4.69) is 0 Å². The number of halogens is 2. The van der Waals surface area contributed by atoms with Crippen molar-refractivity contribution in [1.82, 2.24) is 0 Å². The molecule has 0 aromatic heterocycles. The maximum Gasteiger partial charge on any atom is 0.255 e. The van der Waals surface area contributed by atoms with Gasteiger partial charge in [-0.15, -0.1) is 0 Å². The van der Waals surface area contributed by atoms with Gasteiger partial charge in [0.1, 0.15) is 0 Å². The molecule has 0 heterocycles. The Balaban J connectivity index is 2.66. The van der Waals surface area contributed by atoms with E-state index in [1.54, 1.807) is 20.8 Å². The molecule has 1 rings (SSSR count). The van der Waals surface area contributed by atoms with Gasteiger partial charge in [0.2, 0.25) is 0 Å². The highest BCUT2D eigenvalue weighted by Crippen LogP contribution is 2.52. The van der Waals surface area contributed by atoms with Gasteiger partial charge in [-0.25, -0.2) is 8.78 Å². The molecule has 1 aliphatic rings. The van der Waals surface area contributed by atoms with Gasteiger partial charge in [-0.3, -0.25) is 0 Å². The monoisotopic (exact) mass is 148 g/mol. The Hall–Kier alpha value is -0.140. The van der Waals surface area contributed by atoms with Gasteiger partial charge in [0.25, 0.3) is 5.92 Å². The molecule has 0 nitrogen and oxygen atoms in total. The molecule has 1 saturated carbocycles. The molecule has 0 atom stereocenters. The second-order valence-corrected chi connectivity index (χ2v) is 4.15. The van der Waals surface area contributed by atoms with Gasteiger partial charge >= 0.3 is 0 Å². The predicted molar refractivity (Wildman–Crippen MR) is 37.1 cm³/mol. The van der Waals surface area contributed by atoms with Crippen LogP contribution < -0.4 is 0 Å². The van der Waals surface area contributed by atoms with Crippen LogP contribution in [0, 0.1) is 11.3 Å². The molecule has 2 heteroatoms. The summed E-state index contributed by atoms with van der Waals surface area (Å²) < 4.78 is 26.2. The first-order chi connectivity index (χ1) is 4.36. The lowest BCUT2D eigenvalue weighted by atomic mass is 9.85. The smallest absolute Gasteiger partial charge is 0.206 e. The second-order valence-electron chi connectivity index (χ2n) is 4.15. The summed E-state index contributed by atoms with van der Waals surface area (Å²) in [5, 5.41) is 0. The number of hydrogen-bond donors (Lipinski definition) is 0. The van der Waals surface area contributed by atoms with Crippen LogP contribution in [0.5, 0.6) is 0 Å². The van der Waals surface area contributed by atoms with E-state index in [4.69, 9.17) is 0 Å². The molecular weight excluding hydrogens is 134 g/mol. The van der Waals surface area contributed by atoms with E-state index in [0.29, 0.717) is 12.8 Å². The highest BCUT2D eigenvalue weighted by Gasteiger charge is 2.54.